The maximum Gasteiger partial charge on any atom is 0.412 e. The Hall–Kier alpha value is -2.92. The number of benzene rings is 1. The number of aliphatic imine (C=N–C) groups is 1. The summed E-state index contributed by atoms with van der Waals surface area (Å²) in [4.78, 5) is 31.0. The summed E-state index contributed by atoms with van der Waals surface area (Å²) in [7, 11) is 0. The minimum atomic E-state index is -0.592. The molecular weight excluding hydrogens is 432 g/mol. The van der Waals surface area contributed by atoms with Gasteiger partial charge < -0.3 is 9.47 Å². The highest BCUT2D eigenvalue weighted by Crippen LogP contribution is 2.29. The van der Waals surface area contributed by atoms with E-state index in [0.29, 0.717) is 25.4 Å². The summed E-state index contributed by atoms with van der Waals surface area (Å²) in [5.41, 5.74) is 0.425. The summed E-state index contributed by atoms with van der Waals surface area (Å²) in [5.74, 6) is 0.291. The van der Waals surface area contributed by atoms with Gasteiger partial charge >= 0.3 is 6.09 Å². The van der Waals surface area contributed by atoms with Crippen molar-refractivity contribution in [1.82, 2.24) is 10.2 Å². The third-order valence-electron chi connectivity index (χ3n) is 5.79. The van der Waals surface area contributed by atoms with Gasteiger partial charge in [-0.25, -0.2) is 9.69 Å². The molecule has 1 N–H and O–H groups in total. The number of carbonyl (C=O) groups excluding carboxylic acids is 2. The molecule has 34 heavy (non-hydrogen) atoms. The Bertz CT molecular complexity index is 855. The standard InChI is InChI=1S/C26H38N4O4/c1-20(2)33-16-17-34-25(32)29-24(21-10-6-5-7-11-21)28-15-14-26(3,4)18-23(31)30(19-27)22-12-8-9-13-22/h5-7,10-11,20,22H,8-9,12-18H2,1-4H3,(H,28,29,32). The average molecular weight is 471 g/mol. The highest BCUT2D eigenvalue weighted by Gasteiger charge is 2.31. The van der Waals surface area contributed by atoms with Gasteiger partial charge in [0.05, 0.1) is 12.7 Å². The third kappa shape index (κ3) is 9.52. The second-order valence-electron chi connectivity index (χ2n) is 9.67. The summed E-state index contributed by atoms with van der Waals surface area (Å²) < 4.78 is 10.6. The largest absolute Gasteiger partial charge is 0.447 e. The average Bonchev–Trinajstić information content (AvgIpc) is 3.31. The number of hydrogen-bond acceptors (Lipinski definition) is 6. The van der Waals surface area contributed by atoms with E-state index in [1.807, 2.05) is 58.0 Å². The molecule has 8 nitrogen and oxygen atoms in total. The van der Waals surface area contributed by atoms with Gasteiger partial charge in [-0.1, -0.05) is 57.0 Å². The van der Waals surface area contributed by atoms with Crippen molar-refractivity contribution in [3.05, 3.63) is 35.9 Å². The zero-order chi connectivity index (χ0) is 25.0. The molecule has 0 radical (unpaired) electrons. The summed E-state index contributed by atoms with van der Waals surface area (Å²) in [5, 5.41) is 12.2. The number of rotatable bonds is 11. The van der Waals surface area contributed by atoms with Crippen molar-refractivity contribution in [2.24, 2.45) is 10.4 Å². The number of hydrogen-bond donors (Lipinski definition) is 1. The smallest absolute Gasteiger partial charge is 0.412 e. The molecule has 0 atom stereocenters. The Labute approximate surface area is 203 Å². The van der Waals surface area contributed by atoms with E-state index in [1.165, 1.54) is 4.90 Å². The molecule has 1 fully saturated rings. The number of carbonyl (C=O) groups is 2. The summed E-state index contributed by atoms with van der Waals surface area (Å²) in [6.07, 6.45) is 6.40. The molecule has 1 aromatic rings. The topological polar surface area (TPSA) is 104 Å². The Balaban J connectivity index is 1.95. The quantitative estimate of drug-likeness (QED) is 0.167. The normalized spacial score (nSPS) is 14.6. The lowest BCUT2D eigenvalue weighted by Crippen LogP contribution is -2.37. The molecule has 186 valence electrons. The molecule has 1 aliphatic carbocycles. The van der Waals surface area contributed by atoms with Gasteiger partial charge in [0.2, 0.25) is 5.91 Å². The molecule has 1 aromatic carbocycles. The SMILES string of the molecule is CC(C)OCCOC(=O)NC(=NCCC(C)(C)CC(=O)N(C#N)C1CCCC1)c1ccccc1. The van der Waals surface area contributed by atoms with Crippen LogP contribution >= 0.6 is 0 Å². The van der Waals surface area contributed by atoms with Crippen LogP contribution in [-0.4, -0.2) is 54.6 Å². The van der Waals surface area contributed by atoms with Gasteiger partial charge in [0, 0.05) is 24.6 Å². The monoisotopic (exact) mass is 470 g/mol. The molecular formula is C26H38N4O4. The molecule has 2 amide bonds. The van der Waals surface area contributed by atoms with Crippen LogP contribution in [0.5, 0.6) is 0 Å². The Kier molecular flexibility index (Phi) is 11.0. The van der Waals surface area contributed by atoms with Crippen LogP contribution in [0.3, 0.4) is 0 Å². The molecule has 1 aliphatic rings. The number of nitrogens with one attached hydrogen (secondary N) is 1. The van der Waals surface area contributed by atoms with Crippen LogP contribution < -0.4 is 5.32 Å². The lowest BCUT2D eigenvalue weighted by Gasteiger charge is -2.27. The van der Waals surface area contributed by atoms with E-state index in [0.717, 1.165) is 31.2 Å². The first-order valence-corrected chi connectivity index (χ1v) is 12.1. The summed E-state index contributed by atoms with van der Waals surface area (Å²) in [6, 6.07) is 9.40. The first-order chi connectivity index (χ1) is 16.2. The van der Waals surface area contributed by atoms with Crippen molar-refractivity contribution < 1.29 is 19.1 Å². The molecule has 8 heteroatoms. The van der Waals surface area contributed by atoms with E-state index < -0.39 is 6.09 Å². The van der Waals surface area contributed by atoms with E-state index in [9.17, 15) is 14.9 Å². The molecule has 0 aliphatic heterocycles. The van der Waals surface area contributed by atoms with Crippen LogP contribution in [0.1, 0.15) is 71.8 Å². The Morgan fingerprint density at radius 1 is 1.21 bits per heavy atom. The van der Waals surface area contributed by atoms with Gasteiger partial charge in [-0.15, -0.1) is 0 Å². The first kappa shape index (κ1) is 27.3. The Morgan fingerprint density at radius 3 is 2.50 bits per heavy atom. The van der Waals surface area contributed by atoms with Crippen LogP contribution in [0.4, 0.5) is 4.79 Å². The van der Waals surface area contributed by atoms with Gasteiger partial charge in [0.1, 0.15) is 12.4 Å². The highest BCUT2D eigenvalue weighted by atomic mass is 16.6. The first-order valence-electron chi connectivity index (χ1n) is 12.1. The van der Waals surface area contributed by atoms with Crippen LogP contribution in [-0.2, 0) is 14.3 Å². The lowest BCUT2D eigenvalue weighted by atomic mass is 9.85. The van der Waals surface area contributed by atoms with Crippen molar-refractivity contribution in [3.8, 4) is 6.19 Å². The summed E-state index contributed by atoms with van der Waals surface area (Å²) >= 11 is 0. The number of amides is 2. The highest BCUT2D eigenvalue weighted by molar-refractivity contribution is 6.06. The number of amidine groups is 1. The van der Waals surface area contributed by atoms with E-state index in [1.54, 1.807) is 0 Å². The number of alkyl carbamates (subject to hydrolysis) is 1. The zero-order valence-electron chi connectivity index (χ0n) is 20.9. The number of nitriles is 1. The van der Waals surface area contributed by atoms with Crippen LogP contribution in [0.25, 0.3) is 0 Å². The second kappa shape index (κ2) is 13.7. The van der Waals surface area contributed by atoms with E-state index >= 15 is 0 Å². The molecule has 2 rings (SSSR count). The maximum absolute atomic E-state index is 12.8. The van der Waals surface area contributed by atoms with E-state index in [2.05, 4.69) is 16.5 Å². The molecule has 0 unspecified atom stereocenters. The van der Waals surface area contributed by atoms with Gasteiger partial charge in [0.15, 0.2) is 6.19 Å². The minimum absolute atomic E-state index is 0.0390. The van der Waals surface area contributed by atoms with Crippen molar-refractivity contribution in [2.45, 2.75) is 78.4 Å². The van der Waals surface area contributed by atoms with Crippen molar-refractivity contribution in [3.63, 3.8) is 0 Å². The van der Waals surface area contributed by atoms with Gasteiger partial charge in [-0.05, 0) is 38.5 Å². The van der Waals surface area contributed by atoms with Crippen LogP contribution in [0.15, 0.2) is 35.3 Å². The van der Waals surface area contributed by atoms with Crippen LogP contribution in [0, 0.1) is 16.9 Å². The fourth-order valence-electron chi connectivity index (χ4n) is 3.91. The van der Waals surface area contributed by atoms with E-state index in [-0.39, 0.29) is 36.5 Å². The predicted octanol–water partition coefficient (Wildman–Crippen LogP) is 4.64. The van der Waals surface area contributed by atoms with Gasteiger partial charge in [0.25, 0.3) is 0 Å². The van der Waals surface area contributed by atoms with Crippen molar-refractivity contribution in [1.29, 1.82) is 5.26 Å². The lowest BCUT2D eigenvalue weighted by molar-refractivity contribution is -0.132. The fraction of sp³-hybridized carbons (Fsp3) is 0.615. The van der Waals surface area contributed by atoms with Crippen molar-refractivity contribution in [2.75, 3.05) is 19.8 Å². The number of nitrogens with zero attached hydrogens (tertiary/aromatic N) is 3. The fourth-order valence-corrected chi connectivity index (χ4v) is 3.91. The predicted molar refractivity (Wildman–Crippen MR) is 131 cm³/mol. The van der Waals surface area contributed by atoms with E-state index in [4.69, 9.17) is 9.47 Å². The summed E-state index contributed by atoms with van der Waals surface area (Å²) in [6.45, 7) is 8.73. The molecule has 0 heterocycles. The minimum Gasteiger partial charge on any atom is -0.447 e. The maximum atomic E-state index is 12.8. The molecule has 1 saturated carbocycles. The zero-order valence-corrected chi connectivity index (χ0v) is 20.9. The Morgan fingerprint density at radius 2 is 1.88 bits per heavy atom. The number of ether oxygens (including phenoxy) is 2. The van der Waals surface area contributed by atoms with Crippen LogP contribution in [0.2, 0.25) is 0 Å². The van der Waals surface area contributed by atoms with Gasteiger partial charge in [-0.2, -0.15) is 5.26 Å². The molecule has 0 aromatic heterocycles. The third-order valence-corrected chi connectivity index (χ3v) is 5.79. The van der Waals surface area contributed by atoms with Gasteiger partial charge in [-0.3, -0.25) is 15.1 Å². The molecule has 0 spiro atoms. The second-order valence-corrected chi connectivity index (χ2v) is 9.67. The van der Waals surface area contributed by atoms with Crippen molar-refractivity contribution >= 4 is 17.8 Å². The molecule has 0 saturated heterocycles. The molecule has 0 bridgehead atoms.